The van der Waals surface area contributed by atoms with Crippen molar-refractivity contribution in [2.45, 2.75) is 6.92 Å². The molecule has 3 rings (SSSR count). The molecule has 2 heterocycles. The molecule has 6 heteroatoms. The second-order valence-corrected chi connectivity index (χ2v) is 3.95. The molecule has 2 aromatic heterocycles. The molecule has 0 aliphatic rings. The molecular formula is C12H12N6. The monoisotopic (exact) mass is 240 g/mol. The van der Waals surface area contributed by atoms with Crippen LogP contribution in [0.5, 0.6) is 0 Å². The lowest BCUT2D eigenvalue weighted by molar-refractivity contribution is 0.968. The molecule has 18 heavy (non-hydrogen) atoms. The summed E-state index contributed by atoms with van der Waals surface area (Å²) < 4.78 is 1.95. The van der Waals surface area contributed by atoms with Gasteiger partial charge in [-0.15, -0.1) is 10.2 Å². The predicted octanol–water partition coefficient (Wildman–Crippen LogP) is 1.55. The van der Waals surface area contributed by atoms with Crippen LogP contribution < -0.4 is 5.73 Å². The maximum Gasteiger partial charge on any atom is 0.186 e. The Hall–Kier alpha value is -2.63. The SMILES string of the molecule is Cc1nnc(-c2cc(N)n[nH]2)n1-c1ccccc1. The summed E-state index contributed by atoms with van der Waals surface area (Å²) in [6.45, 7) is 1.91. The number of hydrogen-bond donors (Lipinski definition) is 2. The van der Waals surface area contributed by atoms with Gasteiger partial charge >= 0.3 is 0 Å². The van der Waals surface area contributed by atoms with Crippen LogP contribution in [0.2, 0.25) is 0 Å². The number of nitrogens with one attached hydrogen (secondary N) is 1. The lowest BCUT2D eigenvalue weighted by Crippen LogP contribution is -1.99. The van der Waals surface area contributed by atoms with Crippen molar-refractivity contribution in [3.63, 3.8) is 0 Å². The number of aryl methyl sites for hydroxylation is 1. The van der Waals surface area contributed by atoms with Crippen LogP contribution in [0.4, 0.5) is 5.82 Å². The van der Waals surface area contributed by atoms with Crippen molar-refractivity contribution >= 4 is 5.82 Å². The highest BCUT2D eigenvalue weighted by Gasteiger charge is 2.14. The van der Waals surface area contributed by atoms with E-state index in [9.17, 15) is 0 Å². The van der Waals surface area contributed by atoms with Crippen molar-refractivity contribution < 1.29 is 0 Å². The third-order valence-corrected chi connectivity index (χ3v) is 2.68. The molecule has 0 saturated carbocycles. The molecule has 0 aliphatic heterocycles. The predicted molar refractivity (Wildman–Crippen MR) is 68.1 cm³/mol. The van der Waals surface area contributed by atoms with Crippen LogP contribution >= 0.6 is 0 Å². The number of benzene rings is 1. The number of hydrogen-bond acceptors (Lipinski definition) is 4. The average molecular weight is 240 g/mol. The normalized spacial score (nSPS) is 10.7. The molecule has 3 aromatic rings. The van der Waals surface area contributed by atoms with E-state index >= 15 is 0 Å². The van der Waals surface area contributed by atoms with Crippen LogP contribution in [0.3, 0.4) is 0 Å². The van der Waals surface area contributed by atoms with Crippen LogP contribution in [0.15, 0.2) is 36.4 Å². The number of aromatic nitrogens is 5. The van der Waals surface area contributed by atoms with Gasteiger partial charge < -0.3 is 5.73 Å². The third kappa shape index (κ3) is 1.64. The Kier molecular flexibility index (Phi) is 2.33. The number of para-hydroxylation sites is 1. The first-order chi connectivity index (χ1) is 8.75. The van der Waals surface area contributed by atoms with E-state index in [2.05, 4.69) is 20.4 Å². The summed E-state index contributed by atoms with van der Waals surface area (Å²) in [6.07, 6.45) is 0. The van der Waals surface area contributed by atoms with Crippen molar-refractivity contribution in [3.05, 3.63) is 42.2 Å². The fraction of sp³-hybridized carbons (Fsp3) is 0.0833. The lowest BCUT2D eigenvalue weighted by atomic mass is 10.3. The largest absolute Gasteiger partial charge is 0.382 e. The second-order valence-electron chi connectivity index (χ2n) is 3.95. The first-order valence-electron chi connectivity index (χ1n) is 5.54. The van der Waals surface area contributed by atoms with Gasteiger partial charge in [0, 0.05) is 11.8 Å². The number of nitrogens with zero attached hydrogens (tertiary/aromatic N) is 4. The first kappa shape index (κ1) is 10.5. The maximum absolute atomic E-state index is 5.61. The molecule has 0 bridgehead atoms. The number of aromatic amines is 1. The Morgan fingerprint density at radius 2 is 1.94 bits per heavy atom. The summed E-state index contributed by atoms with van der Waals surface area (Å²) in [5, 5.41) is 15.0. The summed E-state index contributed by atoms with van der Waals surface area (Å²) in [5.74, 6) is 1.94. The smallest absolute Gasteiger partial charge is 0.186 e. The molecule has 0 radical (unpaired) electrons. The number of nitrogens with two attached hydrogens (primary N) is 1. The molecule has 1 aromatic carbocycles. The number of rotatable bonds is 2. The van der Waals surface area contributed by atoms with Crippen LogP contribution in [0.1, 0.15) is 5.82 Å². The summed E-state index contributed by atoms with van der Waals surface area (Å²) in [6, 6.07) is 11.7. The minimum Gasteiger partial charge on any atom is -0.382 e. The van der Waals surface area contributed by atoms with E-state index in [1.54, 1.807) is 6.07 Å². The Labute approximate surface area is 103 Å². The Morgan fingerprint density at radius 3 is 2.61 bits per heavy atom. The Morgan fingerprint density at radius 1 is 1.17 bits per heavy atom. The fourth-order valence-corrected chi connectivity index (χ4v) is 1.87. The number of nitrogen functional groups attached to an aromatic ring is 1. The van der Waals surface area contributed by atoms with Crippen molar-refractivity contribution in [1.82, 2.24) is 25.0 Å². The van der Waals surface area contributed by atoms with E-state index in [4.69, 9.17) is 5.73 Å². The Balaban J connectivity index is 2.18. The maximum atomic E-state index is 5.61. The van der Waals surface area contributed by atoms with E-state index in [1.165, 1.54) is 0 Å². The van der Waals surface area contributed by atoms with E-state index in [0.29, 0.717) is 11.6 Å². The van der Waals surface area contributed by atoms with Crippen molar-refractivity contribution in [3.8, 4) is 17.2 Å². The average Bonchev–Trinajstić information content (AvgIpc) is 2.96. The van der Waals surface area contributed by atoms with Gasteiger partial charge in [-0.3, -0.25) is 9.67 Å². The third-order valence-electron chi connectivity index (χ3n) is 2.68. The first-order valence-corrected chi connectivity index (χ1v) is 5.54. The van der Waals surface area contributed by atoms with Gasteiger partial charge in [-0.05, 0) is 19.1 Å². The molecule has 0 aliphatic carbocycles. The second kappa shape index (κ2) is 3.99. The lowest BCUT2D eigenvalue weighted by Gasteiger charge is -2.06. The van der Waals surface area contributed by atoms with E-state index in [0.717, 1.165) is 17.2 Å². The molecule has 3 N–H and O–H groups in total. The molecular weight excluding hydrogens is 228 g/mol. The standard InChI is InChI=1S/C12H12N6/c1-8-14-17-12(10-7-11(13)16-15-10)18(8)9-5-3-2-4-6-9/h2-7H,1H3,(H3,13,15,16). The number of anilines is 1. The highest BCUT2D eigenvalue weighted by molar-refractivity contribution is 5.57. The zero-order valence-electron chi connectivity index (χ0n) is 9.83. The van der Waals surface area contributed by atoms with Gasteiger partial charge in [-0.2, -0.15) is 5.10 Å². The topological polar surface area (TPSA) is 85.4 Å². The minimum absolute atomic E-state index is 0.435. The van der Waals surface area contributed by atoms with E-state index in [-0.39, 0.29) is 0 Å². The van der Waals surface area contributed by atoms with E-state index < -0.39 is 0 Å². The quantitative estimate of drug-likeness (QED) is 0.711. The summed E-state index contributed by atoms with van der Waals surface area (Å²) >= 11 is 0. The summed E-state index contributed by atoms with van der Waals surface area (Å²) in [7, 11) is 0. The molecule has 0 spiro atoms. The van der Waals surface area contributed by atoms with Crippen LogP contribution in [-0.4, -0.2) is 25.0 Å². The van der Waals surface area contributed by atoms with Gasteiger partial charge in [-0.25, -0.2) is 0 Å². The number of H-pyrrole nitrogens is 1. The van der Waals surface area contributed by atoms with Gasteiger partial charge in [0.1, 0.15) is 17.3 Å². The zero-order chi connectivity index (χ0) is 12.5. The molecule has 0 fully saturated rings. The molecule has 0 atom stereocenters. The fourth-order valence-electron chi connectivity index (χ4n) is 1.87. The van der Waals surface area contributed by atoms with Crippen molar-refractivity contribution in [2.75, 3.05) is 5.73 Å². The van der Waals surface area contributed by atoms with E-state index in [1.807, 2.05) is 41.8 Å². The Bertz CT molecular complexity index is 667. The highest BCUT2D eigenvalue weighted by Crippen LogP contribution is 2.21. The molecule has 0 saturated heterocycles. The molecule has 6 nitrogen and oxygen atoms in total. The zero-order valence-corrected chi connectivity index (χ0v) is 9.83. The highest BCUT2D eigenvalue weighted by atomic mass is 15.3. The van der Waals surface area contributed by atoms with Gasteiger partial charge in [0.25, 0.3) is 0 Å². The summed E-state index contributed by atoms with van der Waals surface area (Å²) in [5.41, 5.74) is 7.36. The van der Waals surface area contributed by atoms with Gasteiger partial charge in [-0.1, -0.05) is 18.2 Å². The van der Waals surface area contributed by atoms with Gasteiger partial charge in [0.05, 0.1) is 0 Å². The molecule has 90 valence electrons. The van der Waals surface area contributed by atoms with Gasteiger partial charge in [0.2, 0.25) is 0 Å². The van der Waals surface area contributed by atoms with Gasteiger partial charge in [0.15, 0.2) is 5.82 Å². The molecule has 0 unspecified atom stereocenters. The van der Waals surface area contributed by atoms with Crippen LogP contribution in [-0.2, 0) is 0 Å². The summed E-state index contributed by atoms with van der Waals surface area (Å²) in [4.78, 5) is 0. The van der Waals surface area contributed by atoms with Crippen LogP contribution in [0.25, 0.3) is 17.2 Å². The van der Waals surface area contributed by atoms with Crippen LogP contribution in [0, 0.1) is 6.92 Å². The van der Waals surface area contributed by atoms with Crippen molar-refractivity contribution in [1.29, 1.82) is 0 Å². The van der Waals surface area contributed by atoms with Crippen molar-refractivity contribution in [2.24, 2.45) is 0 Å². The molecule has 0 amide bonds. The minimum atomic E-state index is 0.435.